The summed E-state index contributed by atoms with van der Waals surface area (Å²) in [7, 11) is -1.18. The molecular formula is C43H66N2O4S. The van der Waals surface area contributed by atoms with E-state index in [4.69, 9.17) is 4.74 Å². The molecule has 7 heteroatoms. The SMILES string of the molecule is C=C(OC)c1ccc(C2=CCC3(C)C(CCC4(C)C3CCC3C5C(C(C)O)CCC5(NCCN5CCS(=O)(=O)CC5)CCC34C)C2(C)C)cc1. The van der Waals surface area contributed by atoms with Crippen LogP contribution in [-0.2, 0) is 14.6 Å². The molecule has 6 aliphatic rings. The Hall–Kier alpha value is -1.67. The summed E-state index contributed by atoms with van der Waals surface area (Å²) in [6.07, 6.45) is 13.3. The molecule has 1 aromatic rings. The molecule has 10 unspecified atom stereocenters. The average Bonchev–Trinajstić information content (AvgIpc) is 3.45. The van der Waals surface area contributed by atoms with Crippen molar-refractivity contribution in [3.8, 4) is 0 Å². The number of nitrogens with zero attached hydrogens (tertiary/aromatic N) is 1. The number of aliphatic hydroxyl groups excluding tert-OH is 1. The number of aliphatic hydroxyl groups is 1. The first kappa shape index (κ1) is 36.7. The number of methoxy groups -OCH3 is 1. The smallest absolute Gasteiger partial charge is 0.152 e. The van der Waals surface area contributed by atoms with E-state index in [1.807, 2.05) is 0 Å². The Bertz CT molecular complexity index is 1590. The van der Waals surface area contributed by atoms with Crippen LogP contribution < -0.4 is 5.32 Å². The van der Waals surface area contributed by atoms with Crippen molar-refractivity contribution in [2.75, 3.05) is 44.8 Å². The molecule has 2 N–H and O–H groups in total. The molecule has 0 spiro atoms. The standard InChI is InChI=1S/C43H66N2O4S/c1-29(46)33-15-20-43(44-23-24-45-25-27-50(47,48)28-26-45)22-21-41(6)35(38(33)43)13-14-37-40(5)18-16-34(32-11-9-31(10-12-32)30(2)49-8)39(3,4)36(40)17-19-42(37,41)7/h9-12,16,29,33,35-38,44,46H,2,13-15,17-28H2,1,3-8H3. The number of hydrogen-bond donors (Lipinski definition) is 2. The van der Waals surface area contributed by atoms with Gasteiger partial charge in [0.1, 0.15) is 5.76 Å². The van der Waals surface area contributed by atoms with Crippen LogP contribution in [0.5, 0.6) is 0 Å². The molecule has 4 saturated carbocycles. The Morgan fingerprint density at radius 2 is 1.66 bits per heavy atom. The van der Waals surface area contributed by atoms with Crippen LogP contribution in [0.15, 0.2) is 36.9 Å². The van der Waals surface area contributed by atoms with Crippen molar-refractivity contribution in [1.82, 2.24) is 10.2 Å². The first-order valence-electron chi connectivity index (χ1n) is 19.9. The van der Waals surface area contributed by atoms with Crippen LogP contribution in [-0.4, -0.2) is 74.9 Å². The molecule has 1 aromatic carbocycles. The predicted molar refractivity (Wildman–Crippen MR) is 205 cm³/mol. The summed E-state index contributed by atoms with van der Waals surface area (Å²) in [5.41, 5.74) is 4.80. The fourth-order valence-electron chi connectivity index (χ4n) is 14.0. The van der Waals surface area contributed by atoms with Gasteiger partial charge in [-0.25, -0.2) is 8.42 Å². The molecular weight excluding hydrogens is 641 g/mol. The number of benzene rings is 1. The summed E-state index contributed by atoms with van der Waals surface area (Å²) in [4.78, 5) is 2.33. The maximum atomic E-state index is 12.0. The number of allylic oxidation sites excluding steroid dienone is 2. The van der Waals surface area contributed by atoms with Gasteiger partial charge in [0.25, 0.3) is 0 Å². The van der Waals surface area contributed by atoms with Crippen LogP contribution in [0.25, 0.3) is 11.3 Å². The number of hydrogen-bond acceptors (Lipinski definition) is 6. The Kier molecular flexibility index (Phi) is 9.34. The van der Waals surface area contributed by atoms with Gasteiger partial charge in [0.05, 0.1) is 24.7 Å². The van der Waals surface area contributed by atoms with E-state index in [9.17, 15) is 13.5 Å². The average molecular weight is 707 g/mol. The van der Waals surface area contributed by atoms with Gasteiger partial charge in [0, 0.05) is 37.3 Å². The molecule has 1 aliphatic heterocycles. The first-order valence-corrected chi connectivity index (χ1v) is 21.7. The molecule has 7 rings (SSSR count). The van der Waals surface area contributed by atoms with E-state index in [1.165, 1.54) is 49.7 Å². The zero-order valence-corrected chi connectivity index (χ0v) is 33.0. The van der Waals surface area contributed by atoms with Crippen molar-refractivity contribution in [2.45, 2.75) is 111 Å². The van der Waals surface area contributed by atoms with E-state index in [2.05, 4.69) is 88.7 Å². The third-order valence-electron chi connectivity index (χ3n) is 16.8. The second-order valence-corrected chi connectivity index (χ2v) is 21.3. The first-order chi connectivity index (χ1) is 23.5. The number of rotatable bonds is 8. The maximum Gasteiger partial charge on any atom is 0.152 e. The zero-order valence-electron chi connectivity index (χ0n) is 32.2. The highest BCUT2D eigenvalue weighted by atomic mass is 32.2. The van der Waals surface area contributed by atoms with Crippen LogP contribution in [0.1, 0.15) is 110 Å². The molecule has 6 nitrogen and oxygen atoms in total. The zero-order chi connectivity index (χ0) is 35.9. The molecule has 1 saturated heterocycles. The van der Waals surface area contributed by atoms with E-state index in [-0.39, 0.29) is 44.8 Å². The van der Waals surface area contributed by atoms with Crippen LogP contribution in [0.4, 0.5) is 0 Å². The van der Waals surface area contributed by atoms with Crippen molar-refractivity contribution in [1.29, 1.82) is 0 Å². The van der Waals surface area contributed by atoms with E-state index >= 15 is 0 Å². The number of sulfone groups is 1. The van der Waals surface area contributed by atoms with Crippen molar-refractivity contribution in [3.05, 3.63) is 48.0 Å². The highest BCUT2D eigenvalue weighted by Crippen LogP contribution is 2.76. The van der Waals surface area contributed by atoms with E-state index < -0.39 is 9.84 Å². The lowest BCUT2D eigenvalue weighted by molar-refractivity contribution is -0.222. The molecule has 0 bridgehead atoms. The molecule has 50 heavy (non-hydrogen) atoms. The summed E-state index contributed by atoms with van der Waals surface area (Å²) >= 11 is 0. The Morgan fingerprint density at radius 1 is 0.960 bits per heavy atom. The van der Waals surface area contributed by atoms with Gasteiger partial charge < -0.3 is 20.1 Å². The van der Waals surface area contributed by atoms with Gasteiger partial charge in [-0.05, 0) is 127 Å². The number of fused-ring (bicyclic) bond motifs is 7. The second-order valence-electron chi connectivity index (χ2n) is 19.0. The van der Waals surface area contributed by atoms with Gasteiger partial charge in [-0.3, -0.25) is 0 Å². The number of ether oxygens (including phenoxy) is 1. The Balaban J connectivity index is 1.14. The van der Waals surface area contributed by atoms with Crippen LogP contribution >= 0.6 is 0 Å². The highest BCUT2D eigenvalue weighted by molar-refractivity contribution is 7.91. The van der Waals surface area contributed by atoms with Crippen molar-refractivity contribution < 1.29 is 18.3 Å². The normalized spacial score (nSPS) is 42.6. The molecule has 5 aliphatic carbocycles. The summed E-state index contributed by atoms with van der Waals surface area (Å²) in [6.45, 7) is 22.3. The summed E-state index contributed by atoms with van der Waals surface area (Å²) in [5.74, 6) is 4.03. The molecule has 10 atom stereocenters. The molecule has 0 radical (unpaired) electrons. The quantitative estimate of drug-likeness (QED) is 0.269. The van der Waals surface area contributed by atoms with Gasteiger partial charge in [0.15, 0.2) is 9.84 Å². The largest absolute Gasteiger partial charge is 0.497 e. The van der Waals surface area contributed by atoms with Crippen LogP contribution in [0, 0.1) is 51.2 Å². The third kappa shape index (κ3) is 5.60. The number of nitrogens with one attached hydrogen (secondary N) is 1. The minimum atomic E-state index is -2.87. The van der Waals surface area contributed by atoms with Gasteiger partial charge >= 0.3 is 0 Å². The minimum absolute atomic E-state index is 0.0770. The maximum absolute atomic E-state index is 12.0. The minimum Gasteiger partial charge on any atom is -0.497 e. The second kappa shape index (κ2) is 12.7. The van der Waals surface area contributed by atoms with E-state index in [1.54, 1.807) is 7.11 Å². The van der Waals surface area contributed by atoms with Crippen molar-refractivity contribution >= 4 is 21.2 Å². The Morgan fingerprint density at radius 3 is 2.32 bits per heavy atom. The molecule has 5 fully saturated rings. The van der Waals surface area contributed by atoms with Crippen LogP contribution in [0.2, 0.25) is 0 Å². The van der Waals surface area contributed by atoms with Gasteiger partial charge in [-0.1, -0.05) is 71.5 Å². The summed E-state index contributed by atoms with van der Waals surface area (Å²) < 4.78 is 29.4. The van der Waals surface area contributed by atoms with Crippen LogP contribution in [0.3, 0.4) is 0 Å². The van der Waals surface area contributed by atoms with Crippen molar-refractivity contribution in [2.24, 2.45) is 51.2 Å². The van der Waals surface area contributed by atoms with Gasteiger partial charge in [-0.2, -0.15) is 0 Å². The van der Waals surface area contributed by atoms with E-state index in [0.29, 0.717) is 48.4 Å². The van der Waals surface area contributed by atoms with Gasteiger partial charge in [-0.15, -0.1) is 0 Å². The fourth-order valence-corrected chi connectivity index (χ4v) is 15.3. The Labute approximate surface area is 303 Å². The van der Waals surface area contributed by atoms with Gasteiger partial charge in [0.2, 0.25) is 0 Å². The summed E-state index contributed by atoms with van der Waals surface area (Å²) in [5, 5.41) is 15.4. The van der Waals surface area contributed by atoms with Crippen molar-refractivity contribution in [3.63, 3.8) is 0 Å². The lowest BCUT2D eigenvalue weighted by Crippen LogP contribution is -2.68. The molecule has 278 valence electrons. The predicted octanol–water partition coefficient (Wildman–Crippen LogP) is 7.83. The fraction of sp³-hybridized carbons (Fsp3) is 0.767. The highest BCUT2D eigenvalue weighted by Gasteiger charge is 2.70. The molecule has 0 aromatic heterocycles. The molecule has 1 heterocycles. The lowest BCUT2D eigenvalue weighted by atomic mass is 9.33. The summed E-state index contributed by atoms with van der Waals surface area (Å²) in [6, 6.07) is 8.87. The third-order valence-corrected chi connectivity index (χ3v) is 18.4. The lowest BCUT2D eigenvalue weighted by Gasteiger charge is -2.72. The topological polar surface area (TPSA) is 78.9 Å². The van der Waals surface area contributed by atoms with E-state index in [0.717, 1.165) is 37.9 Å². The molecule has 0 amide bonds. The monoisotopic (exact) mass is 706 g/mol.